The highest BCUT2D eigenvalue weighted by Gasteiger charge is 2.54. The van der Waals surface area contributed by atoms with E-state index in [1.807, 2.05) is 12.1 Å². The van der Waals surface area contributed by atoms with Crippen LogP contribution in [0.2, 0.25) is 0 Å². The minimum atomic E-state index is -1.45. The number of phenols is 2. The van der Waals surface area contributed by atoms with E-state index in [-0.39, 0.29) is 34.1 Å². The number of benzene rings is 3. The van der Waals surface area contributed by atoms with Gasteiger partial charge in [0.1, 0.15) is 34.6 Å². The number of carbonyl (C=O) groups excluding carboxylic acids is 1. The summed E-state index contributed by atoms with van der Waals surface area (Å²) >= 11 is 0. The normalized spacial score (nSPS) is 14.2. The first-order chi connectivity index (χ1) is 21.1. The summed E-state index contributed by atoms with van der Waals surface area (Å²) < 4.78 is 12.7. The van der Waals surface area contributed by atoms with Crippen molar-refractivity contribution in [3.8, 4) is 23.0 Å². The molecule has 3 aromatic carbocycles. The molecule has 7 rings (SSSR count). The molecular weight excluding hydrogens is 548 g/mol. The lowest BCUT2D eigenvalue weighted by Gasteiger charge is -2.37. The minimum Gasteiger partial charge on any atom is -0.507 e. The van der Waals surface area contributed by atoms with Crippen LogP contribution in [0.5, 0.6) is 23.0 Å². The Morgan fingerprint density at radius 1 is 0.674 bits per heavy atom. The van der Waals surface area contributed by atoms with Gasteiger partial charge in [0.25, 0.3) is 0 Å². The number of hydrogen-bond acceptors (Lipinski definition) is 11. The van der Waals surface area contributed by atoms with Crippen LogP contribution in [-0.2, 0) is 10.3 Å². The van der Waals surface area contributed by atoms with Crippen LogP contribution in [0.15, 0.2) is 108 Å². The molecule has 1 spiro atoms. The number of aromatic hydroxyl groups is 2. The number of hydrogen-bond donors (Lipinski definition) is 4. The molecule has 0 amide bonds. The second-order valence-electron chi connectivity index (χ2n) is 9.64. The van der Waals surface area contributed by atoms with Crippen LogP contribution in [-0.4, -0.2) is 38.6 Å². The first kappa shape index (κ1) is 25.7. The maximum absolute atomic E-state index is 13.3. The molecule has 0 atom stereocenters. The largest absolute Gasteiger partial charge is 0.507 e. The standard InChI is InChI=1S/C32H22N6O5/c39-25-13-11-23-29(20(25)17-35-37-27-9-3-5-15-33-27)42-30-21(18-36-38-28-10-4-6-16-34-28)26(40)14-12-24(30)32(23)22-8-2-1-7-19(22)31(41)43-32/h1-18,39-40H,(H,33,37)(H,34,38)/b35-17+,36-18+. The van der Waals surface area contributed by atoms with Gasteiger partial charge in [-0.25, -0.2) is 14.8 Å². The Morgan fingerprint density at radius 2 is 1.21 bits per heavy atom. The zero-order valence-corrected chi connectivity index (χ0v) is 22.3. The van der Waals surface area contributed by atoms with Gasteiger partial charge in [0.2, 0.25) is 0 Å². The molecule has 5 aromatic rings. The predicted octanol–water partition coefficient (Wildman–Crippen LogP) is 5.35. The van der Waals surface area contributed by atoms with Crippen molar-refractivity contribution in [2.45, 2.75) is 5.60 Å². The van der Waals surface area contributed by atoms with Gasteiger partial charge in [-0.1, -0.05) is 30.3 Å². The topological polar surface area (TPSA) is 151 Å². The second kappa shape index (κ2) is 10.3. The lowest BCUT2D eigenvalue weighted by Crippen LogP contribution is -2.33. The number of anilines is 2. The molecule has 0 radical (unpaired) electrons. The second-order valence-corrected chi connectivity index (χ2v) is 9.64. The highest BCUT2D eigenvalue weighted by atomic mass is 16.6. The molecule has 11 nitrogen and oxygen atoms in total. The van der Waals surface area contributed by atoms with Gasteiger partial charge < -0.3 is 19.7 Å². The summed E-state index contributed by atoms with van der Waals surface area (Å²) in [5, 5.41) is 30.4. The van der Waals surface area contributed by atoms with Crippen LogP contribution in [0.25, 0.3) is 0 Å². The third-order valence-electron chi connectivity index (χ3n) is 7.16. The minimum absolute atomic E-state index is 0.131. The number of rotatable bonds is 6. The number of hydrazone groups is 2. The van der Waals surface area contributed by atoms with E-state index in [4.69, 9.17) is 9.47 Å². The lowest BCUT2D eigenvalue weighted by molar-refractivity contribution is 0.0224. The van der Waals surface area contributed by atoms with E-state index in [1.165, 1.54) is 24.6 Å². The van der Waals surface area contributed by atoms with Gasteiger partial charge in [0, 0.05) is 29.1 Å². The maximum atomic E-state index is 13.3. The van der Waals surface area contributed by atoms with Crippen molar-refractivity contribution in [3.05, 3.63) is 131 Å². The molecule has 2 aliphatic heterocycles. The molecule has 2 aromatic heterocycles. The van der Waals surface area contributed by atoms with Gasteiger partial charge in [0.15, 0.2) is 5.60 Å². The molecule has 0 aliphatic carbocycles. The van der Waals surface area contributed by atoms with Gasteiger partial charge in [0.05, 0.1) is 29.1 Å². The smallest absolute Gasteiger partial charge is 0.340 e. The number of carbonyl (C=O) groups is 1. The van der Waals surface area contributed by atoms with Crippen molar-refractivity contribution in [1.82, 2.24) is 9.97 Å². The monoisotopic (exact) mass is 570 g/mol. The molecule has 0 bridgehead atoms. The zero-order valence-electron chi connectivity index (χ0n) is 22.3. The van der Waals surface area contributed by atoms with Crippen LogP contribution in [0.4, 0.5) is 11.6 Å². The summed E-state index contributed by atoms with van der Waals surface area (Å²) in [6.07, 6.45) is 6.02. The third-order valence-corrected chi connectivity index (χ3v) is 7.16. The number of phenolic OH excluding ortho intramolecular Hbond substituents is 2. The van der Waals surface area contributed by atoms with Gasteiger partial charge in [-0.3, -0.25) is 10.9 Å². The van der Waals surface area contributed by atoms with E-state index in [2.05, 4.69) is 31.0 Å². The fourth-order valence-electron chi connectivity index (χ4n) is 5.25. The number of aromatic nitrogens is 2. The first-order valence-electron chi connectivity index (χ1n) is 13.2. The van der Waals surface area contributed by atoms with Crippen LogP contribution < -0.4 is 15.6 Å². The van der Waals surface area contributed by atoms with Crippen molar-refractivity contribution in [2.24, 2.45) is 10.2 Å². The average Bonchev–Trinajstić information content (AvgIpc) is 3.33. The number of nitrogens with one attached hydrogen (secondary N) is 2. The van der Waals surface area contributed by atoms with Crippen molar-refractivity contribution >= 4 is 30.0 Å². The highest BCUT2D eigenvalue weighted by molar-refractivity contribution is 5.99. The van der Waals surface area contributed by atoms with E-state index < -0.39 is 11.6 Å². The molecular formula is C32H22N6O5. The zero-order chi connectivity index (χ0) is 29.4. The Labute approximate surface area is 244 Å². The maximum Gasteiger partial charge on any atom is 0.340 e. The van der Waals surface area contributed by atoms with Crippen molar-refractivity contribution in [3.63, 3.8) is 0 Å². The molecule has 43 heavy (non-hydrogen) atoms. The van der Waals surface area contributed by atoms with Crippen LogP contribution in [0.3, 0.4) is 0 Å². The van der Waals surface area contributed by atoms with Crippen LogP contribution in [0, 0.1) is 0 Å². The predicted molar refractivity (Wildman–Crippen MR) is 159 cm³/mol. The summed E-state index contributed by atoms with van der Waals surface area (Å²) in [6.45, 7) is 0. The molecule has 4 N–H and O–H groups in total. The molecule has 2 aliphatic rings. The fourth-order valence-corrected chi connectivity index (χ4v) is 5.25. The van der Waals surface area contributed by atoms with E-state index >= 15 is 0 Å². The first-order valence-corrected chi connectivity index (χ1v) is 13.2. The summed E-state index contributed by atoms with van der Waals surface area (Å²) in [6, 6.07) is 24.0. The Balaban J connectivity index is 1.41. The number of fused-ring (bicyclic) bond motifs is 6. The van der Waals surface area contributed by atoms with Gasteiger partial charge in [-0.15, -0.1) is 0 Å². The number of ether oxygens (including phenoxy) is 2. The molecule has 0 unspecified atom stereocenters. The van der Waals surface area contributed by atoms with Gasteiger partial charge >= 0.3 is 5.97 Å². The average molecular weight is 571 g/mol. The Hall–Kier alpha value is -6.23. The SMILES string of the molecule is O=C1OC2(c3ccccc31)c1ccc(O)c(/C=N/Nc3ccccn3)c1Oc1c2ccc(O)c1/C=N/Nc1ccccn1. The van der Waals surface area contributed by atoms with Crippen LogP contribution >= 0.6 is 0 Å². The molecule has 0 saturated carbocycles. The summed E-state index contributed by atoms with van der Waals surface area (Å²) in [4.78, 5) is 21.6. The fraction of sp³-hybridized carbons (Fsp3) is 0.0312. The number of pyridine rings is 2. The van der Waals surface area contributed by atoms with Crippen molar-refractivity contribution < 1.29 is 24.5 Å². The summed E-state index contributed by atoms with van der Waals surface area (Å²) in [5.41, 5.74) is 6.54. The van der Waals surface area contributed by atoms with E-state index in [1.54, 1.807) is 73.1 Å². The van der Waals surface area contributed by atoms with E-state index in [0.717, 1.165) is 0 Å². The van der Waals surface area contributed by atoms with Gasteiger partial charge in [-0.05, 0) is 54.6 Å². The summed E-state index contributed by atoms with van der Waals surface area (Å²) in [7, 11) is 0. The highest BCUT2D eigenvalue weighted by Crippen LogP contribution is 2.58. The number of esters is 1. The molecule has 4 heterocycles. The quantitative estimate of drug-likeness (QED) is 0.120. The summed E-state index contributed by atoms with van der Waals surface area (Å²) in [5.74, 6) is 0.571. The van der Waals surface area contributed by atoms with Crippen LogP contribution in [0.1, 0.15) is 38.2 Å². The Kier molecular flexibility index (Phi) is 6.17. The molecule has 0 fully saturated rings. The molecule has 0 saturated heterocycles. The molecule has 210 valence electrons. The van der Waals surface area contributed by atoms with E-state index in [0.29, 0.717) is 33.9 Å². The third kappa shape index (κ3) is 4.27. The Morgan fingerprint density at radius 3 is 1.74 bits per heavy atom. The van der Waals surface area contributed by atoms with Gasteiger partial charge in [-0.2, -0.15) is 10.2 Å². The lowest BCUT2D eigenvalue weighted by atomic mass is 9.76. The Bertz CT molecular complexity index is 1820. The van der Waals surface area contributed by atoms with E-state index in [9.17, 15) is 15.0 Å². The number of nitrogens with zero attached hydrogens (tertiary/aromatic N) is 4. The van der Waals surface area contributed by atoms with Crippen molar-refractivity contribution in [2.75, 3.05) is 10.9 Å². The molecule has 11 heteroatoms. The van der Waals surface area contributed by atoms with Crippen molar-refractivity contribution in [1.29, 1.82) is 0 Å².